The maximum atomic E-state index is 14.4. The average Bonchev–Trinajstić information content (AvgIpc) is 2.97. The highest BCUT2D eigenvalue weighted by atomic mass is 19.3. The number of aryl methyl sites for hydroxylation is 1. The minimum atomic E-state index is -2.66. The van der Waals surface area contributed by atoms with Crippen molar-refractivity contribution >= 4 is 17.4 Å². The van der Waals surface area contributed by atoms with Crippen LogP contribution in [0.25, 0.3) is 5.70 Å². The Kier molecular flexibility index (Phi) is 9.82. The highest BCUT2D eigenvalue weighted by Crippen LogP contribution is 2.34. The summed E-state index contributed by atoms with van der Waals surface area (Å²) in [6, 6.07) is 12.8. The van der Waals surface area contributed by atoms with E-state index in [0.717, 1.165) is 11.3 Å². The first-order valence-corrected chi connectivity index (χ1v) is 13.9. The fourth-order valence-electron chi connectivity index (χ4n) is 5.79. The smallest absolute Gasteiger partial charge is 0.320 e. The van der Waals surface area contributed by atoms with E-state index in [-0.39, 0.29) is 17.8 Å². The number of allylic oxidation sites excluding steroid dienone is 2. The second-order valence-corrected chi connectivity index (χ2v) is 10.4. The lowest BCUT2D eigenvalue weighted by molar-refractivity contribution is 0.103. The molecule has 2 aromatic rings. The third-order valence-electron chi connectivity index (χ3n) is 7.91. The molecule has 5 nitrogen and oxygen atoms in total. The molecule has 0 aliphatic carbocycles. The third kappa shape index (κ3) is 6.79. The van der Waals surface area contributed by atoms with Crippen LogP contribution in [0.1, 0.15) is 30.9 Å². The predicted octanol–water partition coefficient (Wildman–Crippen LogP) is 6.75. The van der Waals surface area contributed by atoms with Crippen LogP contribution in [0.15, 0.2) is 79.0 Å². The van der Waals surface area contributed by atoms with Gasteiger partial charge in [-0.15, -0.1) is 6.42 Å². The highest BCUT2D eigenvalue weighted by molar-refractivity contribution is 5.75. The van der Waals surface area contributed by atoms with Crippen molar-refractivity contribution < 1.29 is 18.0 Å². The number of anilines is 1. The molecule has 2 heterocycles. The van der Waals surface area contributed by atoms with Gasteiger partial charge in [0.05, 0.1) is 12.6 Å². The van der Waals surface area contributed by atoms with Crippen molar-refractivity contribution in [3.8, 4) is 12.3 Å². The molecular formula is C33H37F3N4O. The van der Waals surface area contributed by atoms with Crippen molar-refractivity contribution in [3.63, 3.8) is 0 Å². The molecule has 2 saturated heterocycles. The Bertz CT molecular complexity index is 1340. The second kappa shape index (κ2) is 13.5. The maximum Gasteiger partial charge on any atom is 0.320 e. The molecule has 1 atom stereocenters. The summed E-state index contributed by atoms with van der Waals surface area (Å²) >= 11 is 0. The topological polar surface area (TPSA) is 30.0 Å². The van der Waals surface area contributed by atoms with Crippen LogP contribution < -0.4 is 4.90 Å². The average molecular weight is 563 g/mol. The lowest BCUT2D eigenvalue weighted by Crippen LogP contribution is -2.54. The molecule has 2 fully saturated rings. The number of likely N-dealkylation sites (tertiary alicyclic amines) is 1. The van der Waals surface area contributed by atoms with Crippen molar-refractivity contribution in [1.29, 1.82) is 0 Å². The molecule has 0 bridgehead atoms. The Morgan fingerprint density at radius 2 is 1.83 bits per heavy atom. The Morgan fingerprint density at radius 3 is 2.46 bits per heavy atom. The molecule has 0 radical (unpaired) electrons. The summed E-state index contributed by atoms with van der Waals surface area (Å²) < 4.78 is 42.7. The number of amides is 2. The van der Waals surface area contributed by atoms with Gasteiger partial charge in [-0.25, -0.2) is 9.18 Å². The van der Waals surface area contributed by atoms with Crippen LogP contribution >= 0.6 is 0 Å². The van der Waals surface area contributed by atoms with Gasteiger partial charge in [0.25, 0.3) is 0 Å². The Hall–Kier alpha value is -4.12. The van der Waals surface area contributed by atoms with Gasteiger partial charge in [0.1, 0.15) is 5.82 Å². The standard InChI is InChI=1S/C33H37F3N4O/c1-5-10-29-23-38(20-21-39(29)25(4)27-13-9-14-28(34)22-27)33(41)37-18-16-26(17-19-37)31(11-6-2)40(32(35)36)30-15-8-7-12-24(30)3/h1,6-15,22,26,31-32H,4,16-21,23H2,2-3H3/b11-6-,29-10-. The molecule has 2 aromatic carbocycles. The molecule has 8 heteroatoms. The zero-order valence-electron chi connectivity index (χ0n) is 23.6. The van der Waals surface area contributed by atoms with E-state index in [4.69, 9.17) is 6.42 Å². The summed E-state index contributed by atoms with van der Waals surface area (Å²) in [6.07, 6.45) is 12.1. The van der Waals surface area contributed by atoms with E-state index in [9.17, 15) is 18.0 Å². The molecule has 0 aromatic heterocycles. The van der Waals surface area contributed by atoms with Crippen molar-refractivity contribution in [2.45, 2.75) is 39.3 Å². The number of halogens is 3. The van der Waals surface area contributed by atoms with Crippen molar-refractivity contribution in [1.82, 2.24) is 14.7 Å². The lowest BCUT2D eigenvalue weighted by atomic mass is 9.87. The number of benzene rings is 2. The molecule has 0 saturated carbocycles. The number of piperidine rings is 1. The van der Waals surface area contributed by atoms with Gasteiger partial charge in [-0.3, -0.25) is 0 Å². The third-order valence-corrected chi connectivity index (χ3v) is 7.91. The largest absolute Gasteiger partial charge is 0.341 e. The van der Waals surface area contributed by atoms with Crippen LogP contribution in [0, 0.1) is 31.0 Å². The van der Waals surface area contributed by atoms with Gasteiger partial charge in [-0.1, -0.05) is 55.0 Å². The van der Waals surface area contributed by atoms with E-state index < -0.39 is 12.6 Å². The van der Waals surface area contributed by atoms with Crippen LogP contribution in [0.5, 0.6) is 0 Å². The molecule has 1 unspecified atom stereocenters. The van der Waals surface area contributed by atoms with Crippen LogP contribution in [-0.4, -0.2) is 66.0 Å². The summed E-state index contributed by atoms with van der Waals surface area (Å²) in [5.74, 6) is 2.16. The van der Waals surface area contributed by atoms with Crippen LogP contribution in [0.4, 0.5) is 23.7 Å². The van der Waals surface area contributed by atoms with Crippen molar-refractivity contribution in [2.75, 3.05) is 37.6 Å². The molecule has 4 rings (SSSR count). The molecule has 0 N–H and O–H groups in total. The number of para-hydroxylation sites is 1. The number of carbonyl (C=O) groups excluding carboxylic acids is 1. The molecule has 2 aliphatic heterocycles. The first-order chi connectivity index (χ1) is 19.7. The monoisotopic (exact) mass is 562 g/mol. The number of carbonyl (C=O) groups is 1. The minimum Gasteiger partial charge on any atom is -0.341 e. The predicted molar refractivity (Wildman–Crippen MR) is 159 cm³/mol. The fraction of sp³-hybridized carbons (Fsp3) is 0.364. The van der Waals surface area contributed by atoms with E-state index in [2.05, 4.69) is 12.5 Å². The molecule has 41 heavy (non-hydrogen) atoms. The summed E-state index contributed by atoms with van der Waals surface area (Å²) in [7, 11) is 0. The quantitative estimate of drug-likeness (QED) is 0.213. The number of terminal acetylenes is 1. The lowest BCUT2D eigenvalue weighted by Gasteiger charge is -2.44. The van der Waals surface area contributed by atoms with Gasteiger partial charge in [-0.2, -0.15) is 8.78 Å². The SMILES string of the molecule is C#C/C=C1/CN(C(=O)N2CCC(C(/C=C\C)N(c3ccccc3C)C(F)F)CC2)CCN1C(=C)c1cccc(F)c1. The van der Waals surface area contributed by atoms with Gasteiger partial charge in [0.2, 0.25) is 0 Å². The first kappa shape index (κ1) is 29.9. The van der Waals surface area contributed by atoms with Gasteiger partial charge in [0.15, 0.2) is 0 Å². The minimum absolute atomic E-state index is 0.0350. The van der Waals surface area contributed by atoms with E-state index in [1.807, 2.05) is 43.0 Å². The van der Waals surface area contributed by atoms with Crippen LogP contribution in [-0.2, 0) is 0 Å². The van der Waals surface area contributed by atoms with Crippen LogP contribution in [0.2, 0.25) is 0 Å². The van der Waals surface area contributed by atoms with Gasteiger partial charge >= 0.3 is 12.6 Å². The Morgan fingerprint density at radius 1 is 1.10 bits per heavy atom. The van der Waals surface area contributed by atoms with Crippen molar-refractivity contribution in [2.24, 2.45) is 5.92 Å². The van der Waals surface area contributed by atoms with E-state index in [1.54, 1.807) is 40.1 Å². The summed E-state index contributed by atoms with van der Waals surface area (Å²) in [5.41, 5.74) is 3.31. The van der Waals surface area contributed by atoms with Gasteiger partial charge in [-0.05, 0) is 56.4 Å². The number of alkyl halides is 2. The summed E-state index contributed by atoms with van der Waals surface area (Å²) in [4.78, 5) is 20.2. The Labute approximate surface area is 241 Å². The van der Waals surface area contributed by atoms with E-state index in [1.165, 1.54) is 17.0 Å². The zero-order valence-corrected chi connectivity index (χ0v) is 23.6. The normalized spacial score (nSPS) is 18.2. The molecular weight excluding hydrogens is 525 g/mol. The van der Waals surface area contributed by atoms with Gasteiger partial charge in [0, 0.05) is 54.9 Å². The fourth-order valence-corrected chi connectivity index (χ4v) is 5.79. The second-order valence-electron chi connectivity index (χ2n) is 10.4. The number of hydrogen-bond acceptors (Lipinski definition) is 3. The maximum absolute atomic E-state index is 14.4. The number of urea groups is 1. The number of piperazine rings is 1. The zero-order chi connectivity index (χ0) is 29.5. The summed E-state index contributed by atoms with van der Waals surface area (Å²) in [6.45, 7) is 7.35. The number of hydrogen-bond donors (Lipinski definition) is 0. The van der Waals surface area contributed by atoms with E-state index in [0.29, 0.717) is 62.5 Å². The number of nitrogens with zero attached hydrogens (tertiary/aromatic N) is 4. The highest BCUT2D eigenvalue weighted by Gasteiger charge is 2.36. The molecule has 216 valence electrons. The first-order valence-electron chi connectivity index (χ1n) is 13.9. The molecule has 2 amide bonds. The number of rotatable bonds is 7. The molecule has 0 spiro atoms. The van der Waals surface area contributed by atoms with Crippen LogP contribution in [0.3, 0.4) is 0 Å². The van der Waals surface area contributed by atoms with Crippen molar-refractivity contribution in [3.05, 3.63) is 96.0 Å². The van der Waals surface area contributed by atoms with Gasteiger partial charge < -0.3 is 19.6 Å². The Balaban J connectivity index is 1.43. The summed E-state index contributed by atoms with van der Waals surface area (Å²) in [5, 5.41) is 0. The van der Waals surface area contributed by atoms with E-state index >= 15 is 0 Å². The molecule has 2 aliphatic rings.